The molecule has 0 heterocycles. The summed E-state index contributed by atoms with van der Waals surface area (Å²) >= 11 is 1.69. The number of amides is 1. The average molecular weight is 251 g/mol. The van der Waals surface area contributed by atoms with Crippen LogP contribution in [0, 0.1) is 0 Å². The fourth-order valence-electron chi connectivity index (χ4n) is 1.95. The summed E-state index contributed by atoms with van der Waals surface area (Å²) in [7, 11) is 0. The Morgan fingerprint density at radius 3 is 1.88 bits per heavy atom. The van der Waals surface area contributed by atoms with E-state index in [1.807, 2.05) is 63.1 Å². The Hall–Kier alpha value is -0.960. The lowest BCUT2D eigenvalue weighted by atomic mass is 10.1. The van der Waals surface area contributed by atoms with Gasteiger partial charge >= 0.3 is 0 Å². The van der Waals surface area contributed by atoms with Crippen molar-refractivity contribution in [1.29, 1.82) is 0 Å². The topological polar surface area (TPSA) is 20.3 Å². The predicted molar refractivity (Wildman–Crippen MR) is 74.7 cm³/mol. The largest absolute Gasteiger partial charge is 0.334 e. The quantitative estimate of drug-likeness (QED) is 0.761. The lowest BCUT2D eigenvalue weighted by molar-refractivity contribution is 0.0643. The first kappa shape index (κ1) is 14.1. The highest BCUT2D eigenvalue weighted by atomic mass is 32.2. The molecule has 94 valence electrons. The highest BCUT2D eigenvalue weighted by molar-refractivity contribution is 7.98. The van der Waals surface area contributed by atoms with Crippen LogP contribution in [0.2, 0.25) is 0 Å². The van der Waals surface area contributed by atoms with Gasteiger partial charge in [0.2, 0.25) is 0 Å². The number of rotatable bonds is 4. The Balaban J connectivity index is 2.93. The van der Waals surface area contributed by atoms with Crippen molar-refractivity contribution in [2.45, 2.75) is 44.7 Å². The molecule has 2 nitrogen and oxygen atoms in total. The van der Waals surface area contributed by atoms with E-state index in [4.69, 9.17) is 0 Å². The molecule has 0 bridgehead atoms. The van der Waals surface area contributed by atoms with Gasteiger partial charge in [0.1, 0.15) is 0 Å². The van der Waals surface area contributed by atoms with Crippen LogP contribution < -0.4 is 0 Å². The number of hydrogen-bond donors (Lipinski definition) is 0. The van der Waals surface area contributed by atoms with E-state index in [2.05, 4.69) is 0 Å². The van der Waals surface area contributed by atoms with Gasteiger partial charge in [-0.05, 0) is 58.2 Å². The van der Waals surface area contributed by atoms with Gasteiger partial charge in [-0.2, -0.15) is 0 Å². The fraction of sp³-hybridized carbons (Fsp3) is 0.500. The second-order valence-corrected chi connectivity index (χ2v) is 5.51. The molecule has 0 atom stereocenters. The molecule has 0 spiro atoms. The minimum atomic E-state index is 0.114. The molecule has 0 N–H and O–H groups in total. The zero-order valence-electron chi connectivity index (χ0n) is 11.2. The van der Waals surface area contributed by atoms with Crippen molar-refractivity contribution in [3.05, 3.63) is 29.8 Å². The van der Waals surface area contributed by atoms with Crippen LogP contribution in [-0.4, -0.2) is 29.1 Å². The molecular formula is C14H21NOS. The molecule has 0 aromatic heterocycles. The van der Waals surface area contributed by atoms with Crippen LogP contribution >= 0.6 is 11.8 Å². The van der Waals surface area contributed by atoms with Crippen LogP contribution in [0.3, 0.4) is 0 Å². The SMILES string of the molecule is CSc1ccc(C(=O)N(C(C)C)C(C)C)cc1. The molecule has 0 radical (unpaired) electrons. The Morgan fingerprint density at radius 1 is 1.06 bits per heavy atom. The van der Waals surface area contributed by atoms with Crippen LogP contribution in [-0.2, 0) is 0 Å². The number of hydrogen-bond acceptors (Lipinski definition) is 2. The zero-order valence-corrected chi connectivity index (χ0v) is 12.0. The van der Waals surface area contributed by atoms with E-state index in [-0.39, 0.29) is 18.0 Å². The van der Waals surface area contributed by atoms with Crippen LogP contribution in [0.5, 0.6) is 0 Å². The Bertz CT molecular complexity index is 362. The van der Waals surface area contributed by atoms with Gasteiger partial charge in [0, 0.05) is 22.5 Å². The Labute approximate surface area is 108 Å². The van der Waals surface area contributed by atoms with Gasteiger partial charge in [-0.15, -0.1) is 11.8 Å². The highest BCUT2D eigenvalue weighted by Crippen LogP contribution is 2.17. The molecule has 17 heavy (non-hydrogen) atoms. The molecule has 0 fully saturated rings. The van der Waals surface area contributed by atoms with Crippen molar-refractivity contribution in [2.75, 3.05) is 6.26 Å². The molecule has 1 amide bonds. The summed E-state index contributed by atoms with van der Waals surface area (Å²) in [5, 5.41) is 0. The standard InChI is InChI=1S/C14H21NOS/c1-10(2)15(11(3)4)14(16)12-6-8-13(17-5)9-7-12/h6-11H,1-5H3. The molecule has 1 aromatic carbocycles. The van der Waals surface area contributed by atoms with Gasteiger partial charge < -0.3 is 4.90 Å². The number of nitrogens with zero attached hydrogens (tertiary/aromatic N) is 1. The van der Waals surface area contributed by atoms with Crippen molar-refractivity contribution >= 4 is 17.7 Å². The van der Waals surface area contributed by atoms with Crippen molar-refractivity contribution in [2.24, 2.45) is 0 Å². The third-order valence-corrected chi connectivity index (χ3v) is 3.43. The van der Waals surface area contributed by atoms with E-state index < -0.39 is 0 Å². The Kier molecular flexibility index (Phi) is 5.06. The maximum absolute atomic E-state index is 12.3. The smallest absolute Gasteiger partial charge is 0.254 e. The summed E-state index contributed by atoms with van der Waals surface area (Å²) < 4.78 is 0. The van der Waals surface area contributed by atoms with E-state index >= 15 is 0 Å². The Morgan fingerprint density at radius 2 is 1.53 bits per heavy atom. The van der Waals surface area contributed by atoms with Gasteiger partial charge in [0.05, 0.1) is 0 Å². The lowest BCUT2D eigenvalue weighted by Gasteiger charge is -2.30. The van der Waals surface area contributed by atoms with Crippen molar-refractivity contribution in [1.82, 2.24) is 4.90 Å². The minimum Gasteiger partial charge on any atom is -0.334 e. The molecule has 1 rings (SSSR count). The summed E-state index contributed by atoms with van der Waals surface area (Å²) in [5.74, 6) is 0.114. The average Bonchev–Trinajstić information content (AvgIpc) is 2.28. The molecule has 3 heteroatoms. The van der Waals surface area contributed by atoms with E-state index in [0.29, 0.717) is 0 Å². The molecular weight excluding hydrogens is 230 g/mol. The summed E-state index contributed by atoms with van der Waals surface area (Å²) in [6, 6.07) is 8.26. The normalized spacial score (nSPS) is 11.0. The molecule has 0 saturated carbocycles. The van der Waals surface area contributed by atoms with Crippen molar-refractivity contribution < 1.29 is 4.79 Å². The van der Waals surface area contributed by atoms with E-state index in [1.54, 1.807) is 11.8 Å². The van der Waals surface area contributed by atoms with Crippen LogP contribution in [0.4, 0.5) is 0 Å². The third-order valence-electron chi connectivity index (χ3n) is 2.68. The summed E-state index contributed by atoms with van der Waals surface area (Å²) in [6.07, 6.45) is 2.03. The molecule has 0 aliphatic carbocycles. The fourth-order valence-corrected chi connectivity index (χ4v) is 2.36. The number of carbonyl (C=O) groups excluding carboxylic acids is 1. The second kappa shape index (κ2) is 6.10. The molecule has 0 saturated heterocycles. The summed E-state index contributed by atoms with van der Waals surface area (Å²) in [4.78, 5) is 15.4. The molecule has 0 aliphatic heterocycles. The maximum atomic E-state index is 12.3. The van der Waals surface area contributed by atoms with Crippen LogP contribution in [0.15, 0.2) is 29.2 Å². The van der Waals surface area contributed by atoms with Crippen LogP contribution in [0.25, 0.3) is 0 Å². The van der Waals surface area contributed by atoms with Gasteiger partial charge in [-0.1, -0.05) is 0 Å². The van der Waals surface area contributed by atoms with Gasteiger partial charge in [0.15, 0.2) is 0 Å². The maximum Gasteiger partial charge on any atom is 0.254 e. The highest BCUT2D eigenvalue weighted by Gasteiger charge is 2.21. The lowest BCUT2D eigenvalue weighted by Crippen LogP contribution is -2.42. The van der Waals surface area contributed by atoms with Gasteiger partial charge in [-0.25, -0.2) is 0 Å². The van der Waals surface area contributed by atoms with Crippen molar-refractivity contribution in [3.63, 3.8) is 0 Å². The van der Waals surface area contributed by atoms with E-state index in [9.17, 15) is 4.79 Å². The van der Waals surface area contributed by atoms with E-state index in [1.165, 1.54) is 4.90 Å². The molecule has 1 aromatic rings. The first-order valence-corrected chi connectivity index (χ1v) is 7.16. The minimum absolute atomic E-state index is 0.114. The van der Waals surface area contributed by atoms with E-state index in [0.717, 1.165) is 5.56 Å². The first-order valence-electron chi connectivity index (χ1n) is 5.94. The third kappa shape index (κ3) is 3.50. The summed E-state index contributed by atoms with van der Waals surface area (Å²) in [5.41, 5.74) is 0.769. The number of thioether (sulfide) groups is 1. The monoisotopic (exact) mass is 251 g/mol. The number of benzene rings is 1. The van der Waals surface area contributed by atoms with Gasteiger partial charge in [0.25, 0.3) is 5.91 Å². The molecule has 0 aliphatic rings. The predicted octanol–water partition coefficient (Wildman–Crippen LogP) is 3.67. The van der Waals surface area contributed by atoms with Gasteiger partial charge in [-0.3, -0.25) is 4.79 Å². The first-order chi connectivity index (χ1) is 7.97. The van der Waals surface area contributed by atoms with Crippen molar-refractivity contribution in [3.8, 4) is 0 Å². The van der Waals surface area contributed by atoms with Crippen LogP contribution in [0.1, 0.15) is 38.1 Å². The zero-order chi connectivity index (χ0) is 13.0. The molecule has 0 unspecified atom stereocenters. The second-order valence-electron chi connectivity index (χ2n) is 4.63. The number of carbonyl (C=O) groups is 1. The summed E-state index contributed by atoms with van der Waals surface area (Å²) in [6.45, 7) is 8.20.